The highest BCUT2D eigenvalue weighted by atomic mass is 32.1. The van der Waals surface area contributed by atoms with E-state index in [1.165, 1.54) is 43.1 Å². The van der Waals surface area contributed by atoms with Gasteiger partial charge in [-0.3, -0.25) is 9.59 Å². The SMILES string of the molecule is COc1ccc(C(=O)O[C@H]2[C@H](O[C@@H]3[C@@H](OC(C)=O)[C@H](O[C@H]4C[C@H]5[C@@H]6CC=C7C[C@@H](O)CC[C@]7(C)[C@H]6CC[C@]5(C)[C@@]4(O)[C@H](C)C(=O)c4nccs4)CO[C@@H]3O)OC[C@@H](O)[C@@H]2O)cc1. The van der Waals surface area contributed by atoms with Crippen LogP contribution in [-0.2, 0) is 33.2 Å². The molecule has 6 aliphatic rings. The number of ether oxygens (including phenoxy) is 7. The summed E-state index contributed by atoms with van der Waals surface area (Å²) in [6, 6.07) is 6.01. The summed E-state index contributed by atoms with van der Waals surface area (Å²) in [5.41, 5.74) is -1.26. The molecule has 1 aromatic carbocycles. The van der Waals surface area contributed by atoms with Gasteiger partial charge in [0, 0.05) is 23.9 Å². The van der Waals surface area contributed by atoms with E-state index in [2.05, 4.69) is 24.9 Å². The van der Waals surface area contributed by atoms with Crippen LogP contribution in [0.2, 0.25) is 0 Å². The molecule has 0 radical (unpaired) electrons. The van der Waals surface area contributed by atoms with Gasteiger partial charge in [0.2, 0.25) is 0 Å². The van der Waals surface area contributed by atoms with Crippen molar-refractivity contribution in [3.05, 3.63) is 58.1 Å². The normalized spacial score (nSPS) is 42.0. The van der Waals surface area contributed by atoms with E-state index in [9.17, 15) is 39.9 Å². The Hall–Kier alpha value is -3.36. The van der Waals surface area contributed by atoms with Crippen LogP contribution in [0.3, 0.4) is 0 Å². The van der Waals surface area contributed by atoms with Crippen molar-refractivity contribution in [3.8, 4) is 5.75 Å². The number of methoxy groups -OCH3 is 1. The molecule has 4 aliphatic carbocycles. The molecule has 17 heteroatoms. The lowest BCUT2D eigenvalue weighted by atomic mass is 9.46. The molecule has 0 spiro atoms. The molecule has 16 nitrogen and oxygen atoms in total. The van der Waals surface area contributed by atoms with Crippen molar-refractivity contribution in [1.82, 2.24) is 4.98 Å². The first-order chi connectivity index (χ1) is 29.5. The van der Waals surface area contributed by atoms with E-state index in [4.69, 9.17) is 33.2 Å². The highest BCUT2D eigenvalue weighted by Crippen LogP contribution is 2.69. The number of rotatable bonds is 11. The van der Waals surface area contributed by atoms with Crippen molar-refractivity contribution in [2.24, 2.45) is 34.5 Å². The third-order valence-electron chi connectivity index (χ3n) is 15.4. The lowest BCUT2D eigenvalue weighted by molar-refractivity contribution is -0.343. The fourth-order valence-electron chi connectivity index (χ4n) is 12.0. The largest absolute Gasteiger partial charge is 0.497 e. The predicted octanol–water partition coefficient (Wildman–Crippen LogP) is 3.36. The van der Waals surface area contributed by atoms with Gasteiger partial charge in [0.15, 0.2) is 41.7 Å². The van der Waals surface area contributed by atoms with Crippen molar-refractivity contribution < 1.29 is 73.1 Å². The fourth-order valence-corrected chi connectivity index (χ4v) is 12.6. The number of ketones is 1. The van der Waals surface area contributed by atoms with Crippen LogP contribution in [0.1, 0.15) is 92.8 Å². The molecule has 3 saturated carbocycles. The summed E-state index contributed by atoms with van der Waals surface area (Å²) in [5, 5.41) is 59.0. The number of carbonyl (C=O) groups is 3. The Kier molecular flexibility index (Phi) is 12.8. The number of esters is 2. The van der Waals surface area contributed by atoms with Crippen LogP contribution in [0.4, 0.5) is 0 Å². The van der Waals surface area contributed by atoms with Crippen molar-refractivity contribution >= 4 is 29.1 Å². The first-order valence-corrected chi connectivity index (χ1v) is 22.5. The molecule has 340 valence electrons. The van der Waals surface area contributed by atoms with Crippen molar-refractivity contribution in [3.63, 3.8) is 0 Å². The average Bonchev–Trinajstić information content (AvgIpc) is 3.87. The molecular weight excluding hydrogens is 827 g/mol. The van der Waals surface area contributed by atoms with Gasteiger partial charge in [-0.2, -0.15) is 0 Å². The molecule has 5 fully saturated rings. The number of aromatic nitrogens is 1. The monoisotopic (exact) mass is 885 g/mol. The third-order valence-corrected chi connectivity index (χ3v) is 16.2. The number of hydrogen-bond donors (Lipinski definition) is 5. The second kappa shape index (κ2) is 17.6. The van der Waals surface area contributed by atoms with E-state index in [-0.39, 0.29) is 52.2 Å². The van der Waals surface area contributed by atoms with Crippen molar-refractivity contribution in [2.75, 3.05) is 20.3 Å². The Balaban J connectivity index is 1.10. The molecule has 2 saturated heterocycles. The van der Waals surface area contributed by atoms with Gasteiger partial charge in [-0.1, -0.05) is 32.4 Å². The number of nitrogens with zero attached hydrogens (tertiary/aromatic N) is 1. The maximum atomic E-state index is 14.3. The number of Topliss-reactive ketones (excluding diaryl/α,β-unsaturated/α-hetero) is 1. The summed E-state index contributed by atoms with van der Waals surface area (Å²) in [4.78, 5) is 44.7. The molecule has 0 amide bonds. The Labute approximate surface area is 364 Å². The second-order valence-corrected chi connectivity index (χ2v) is 19.4. The summed E-state index contributed by atoms with van der Waals surface area (Å²) in [7, 11) is 1.48. The van der Waals surface area contributed by atoms with Gasteiger partial charge in [-0.05, 0) is 92.4 Å². The lowest BCUT2D eigenvalue weighted by Crippen LogP contribution is -2.64. The molecule has 17 atom stereocenters. The second-order valence-electron chi connectivity index (χ2n) is 18.5. The van der Waals surface area contributed by atoms with E-state index in [0.717, 1.165) is 25.7 Å². The van der Waals surface area contributed by atoms with Gasteiger partial charge in [0.05, 0.1) is 44.0 Å². The summed E-state index contributed by atoms with van der Waals surface area (Å²) in [6.45, 7) is 6.53. The van der Waals surface area contributed by atoms with Crippen LogP contribution in [0.25, 0.3) is 0 Å². The smallest absolute Gasteiger partial charge is 0.338 e. The number of thiazole rings is 1. The Bertz CT molecular complexity index is 1980. The van der Waals surface area contributed by atoms with E-state index in [1.54, 1.807) is 30.6 Å². The molecule has 1 aromatic heterocycles. The van der Waals surface area contributed by atoms with Gasteiger partial charge in [0.25, 0.3) is 0 Å². The Morgan fingerprint density at radius 1 is 0.935 bits per heavy atom. The number of aliphatic hydroxyl groups is 5. The molecule has 2 aromatic rings. The zero-order chi connectivity index (χ0) is 44.3. The van der Waals surface area contributed by atoms with Gasteiger partial charge >= 0.3 is 11.9 Å². The maximum Gasteiger partial charge on any atom is 0.338 e. The predicted molar refractivity (Wildman–Crippen MR) is 219 cm³/mol. The minimum absolute atomic E-state index is 0.0942. The van der Waals surface area contributed by atoms with Gasteiger partial charge < -0.3 is 58.7 Å². The summed E-state index contributed by atoms with van der Waals surface area (Å²) >= 11 is 1.20. The number of fused-ring (bicyclic) bond motifs is 5. The van der Waals surface area contributed by atoms with Crippen LogP contribution < -0.4 is 4.74 Å². The van der Waals surface area contributed by atoms with E-state index < -0.39 is 90.8 Å². The highest BCUT2D eigenvalue weighted by molar-refractivity contribution is 7.11. The van der Waals surface area contributed by atoms with Crippen LogP contribution in [0.15, 0.2) is 47.5 Å². The Morgan fingerprint density at radius 2 is 1.69 bits per heavy atom. The van der Waals surface area contributed by atoms with Crippen molar-refractivity contribution in [2.45, 2.75) is 140 Å². The highest BCUT2D eigenvalue weighted by Gasteiger charge is 2.71. The average molecular weight is 886 g/mol. The Morgan fingerprint density at radius 3 is 2.39 bits per heavy atom. The quantitative estimate of drug-likeness (QED) is 0.124. The van der Waals surface area contributed by atoms with E-state index >= 15 is 0 Å². The number of carbonyl (C=O) groups excluding carboxylic acids is 3. The maximum absolute atomic E-state index is 14.3. The van der Waals surface area contributed by atoms with Crippen LogP contribution in [-0.4, -0.2) is 136 Å². The van der Waals surface area contributed by atoms with Crippen LogP contribution in [0.5, 0.6) is 5.75 Å². The minimum atomic E-state index is -1.75. The fraction of sp³-hybridized carbons (Fsp3) is 0.689. The summed E-state index contributed by atoms with van der Waals surface area (Å²) in [5.74, 6) is -2.08. The topological polar surface area (TPSA) is 230 Å². The van der Waals surface area contributed by atoms with Crippen molar-refractivity contribution in [1.29, 1.82) is 0 Å². The molecule has 3 heterocycles. The van der Waals surface area contributed by atoms with E-state index in [0.29, 0.717) is 25.0 Å². The number of benzene rings is 1. The van der Waals surface area contributed by atoms with Crippen LogP contribution >= 0.6 is 11.3 Å². The molecule has 0 unspecified atom stereocenters. The molecule has 2 aliphatic heterocycles. The van der Waals surface area contributed by atoms with Gasteiger partial charge in [-0.15, -0.1) is 11.3 Å². The van der Waals surface area contributed by atoms with Crippen LogP contribution in [0, 0.1) is 34.5 Å². The first-order valence-electron chi connectivity index (χ1n) is 21.6. The zero-order valence-electron chi connectivity index (χ0n) is 35.7. The molecule has 5 N–H and O–H groups in total. The van der Waals surface area contributed by atoms with Gasteiger partial charge in [0.1, 0.15) is 29.7 Å². The molecular formula is C45H59NO15S. The lowest BCUT2D eigenvalue weighted by Gasteiger charge is -2.59. The first kappa shape index (κ1) is 45.2. The molecule has 62 heavy (non-hydrogen) atoms. The zero-order valence-corrected chi connectivity index (χ0v) is 36.5. The molecule has 8 rings (SSSR count). The van der Waals surface area contributed by atoms with E-state index in [1.807, 2.05) is 0 Å². The summed E-state index contributed by atoms with van der Waals surface area (Å²) in [6.07, 6.45) is -4.95. The minimum Gasteiger partial charge on any atom is -0.497 e. The van der Waals surface area contributed by atoms with Gasteiger partial charge in [-0.25, -0.2) is 9.78 Å². The molecule has 0 bridgehead atoms. The number of allylic oxidation sites excluding steroid dienone is 1. The standard InChI is InChI=1S/C45H59NO15S/c1-22(34(50)39-46-16-17-62-39)45(54)33(19-30-28-11-8-25-18-26(48)12-14-43(25,3)29(28)13-15-44(30,45)4)59-32-21-56-41(53)38(36(32)58-23(2)47)61-42-37(35(51)31(49)20-57-42)60-40(52)24-6-9-27(55-5)10-7-24/h6-10,16-17,22,26,28-33,35-38,41-42,48-49,51,53-54H,11-15,18-21H2,1-5H3/t22-,26+,28-,29+,30+,31-,32-,33+,35+,36+,37-,38-,41+,42+,43+,44+,45-/m1/s1. The number of hydrogen-bond acceptors (Lipinski definition) is 17. The number of aliphatic hydroxyl groups excluding tert-OH is 4. The summed E-state index contributed by atoms with van der Waals surface area (Å²) < 4.78 is 41.4. The third kappa shape index (κ3) is 7.83.